The van der Waals surface area contributed by atoms with Crippen LogP contribution in [0.15, 0.2) is 42.6 Å². The van der Waals surface area contributed by atoms with Gasteiger partial charge >= 0.3 is 5.97 Å². The van der Waals surface area contributed by atoms with E-state index in [-0.39, 0.29) is 0 Å². The molecule has 1 atom stereocenters. The number of pyridine rings is 1. The first-order valence-electron chi connectivity index (χ1n) is 5.95. The van der Waals surface area contributed by atoms with Crippen LogP contribution in [0.25, 0.3) is 0 Å². The first-order valence-corrected chi connectivity index (χ1v) is 6.33. The highest BCUT2D eigenvalue weighted by Crippen LogP contribution is 2.10. The number of hydrogen-bond acceptors (Lipinski definition) is 4. The van der Waals surface area contributed by atoms with Crippen molar-refractivity contribution in [2.24, 2.45) is 0 Å². The van der Waals surface area contributed by atoms with Crippen LogP contribution >= 0.6 is 11.6 Å². The molecule has 0 radical (unpaired) electrons. The van der Waals surface area contributed by atoms with Gasteiger partial charge in [-0.1, -0.05) is 29.8 Å². The Balaban J connectivity index is 2.50. The predicted molar refractivity (Wildman–Crippen MR) is 77.4 cm³/mol. The number of carbonyl (C=O) groups excluding carboxylic acids is 2. The summed E-state index contributed by atoms with van der Waals surface area (Å²) in [6.07, 6.45) is 6.72. The largest absolute Gasteiger partial charge is 0.449 e. The van der Waals surface area contributed by atoms with Gasteiger partial charge in [0, 0.05) is 12.3 Å². The van der Waals surface area contributed by atoms with Crippen LogP contribution in [0.1, 0.15) is 13.8 Å². The Morgan fingerprint density at radius 1 is 1.40 bits per heavy atom. The molecule has 0 saturated heterocycles. The zero-order chi connectivity index (χ0) is 15.0. The lowest BCUT2D eigenvalue weighted by atomic mass is 10.3. The van der Waals surface area contributed by atoms with Crippen molar-refractivity contribution in [2.75, 3.05) is 5.32 Å². The highest BCUT2D eigenvalue weighted by Gasteiger charge is 2.16. The molecule has 1 aromatic rings. The summed E-state index contributed by atoms with van der Waals surface area (Å²) in [5.74, 6) is -0.714. The van der Waals surface area contributed by atoms with Gasteiger partial charge in [0.15, 0.2) is 6.10 Å². The van der Waals surface area contributed by atoms with Gasteiger partial charge in [-0.2, -0.15) is 0 Å². The van der Waals surface area contributed by atoms with E-state index >= 15 is 0 Å². The molecular weight excluding hydrogens is 280 g/mol. The van der Waals surface area contributed by atoms with Gasteiger partial charge in [-0.25, -0.2) is 9.78 Å². The summed E-state index contributed by atoms with van der Waals surface area (Å²) < 4.78 is 4.93. The average Bonchev–Trinajstić information content (AvgIpc) is 2.41. The van der Waals surface area contributed by atoms with Crippen LogP contribution in [0.4, 0.5) is 5.82 Å². The molecular formula is C14H15ClN2O3. The minimum atomic E-state index is -0.921. The van der Waals surface area contributed by atoms with Gasteiger partial charge in [0.05, 0.1) is 5.02 Å². The van der Waals surface area contributed by atoms with E-state index in [1.807, 2.05) is 6.92 Å². The fraction of sp³-hybridized carbons (Fsp3) is 0.214. The molecule has 1 amide bonds. The summed E-state index contributed by atoms with van der Waals surface area (Å²) >= 11 is 5.68. The van der Waals surface area contributed by atoms with Crippen molar-refractivity contribution in [1.82, 2.24) is 4.98 Å². The van der Waals surface area contributed by atoms with Crippen molar-refractivity contribution in [3.63, 3.8) is 0 Å². The summed E-state index contributed by atoms with van der Waals surface area (Å²) in [5, 5.41) is 2.99. The maximum atomic E-state index is 11.8. The van der Waals surface area contributed by atoms with Crippen molar-refractivity contribution < 1.29 is 14.3 Å². The van der Waals surface area contributed by atoms with Crippen LogP contribution in [0.3, 0.4) is 0 Å². The fourth-order valence-electron chi connectivity index (χ4n) is 1.19. The molecule has 20 heavy (non-hydrogen) atoms. The van der Waals surface area contributed by atoms with Gasteiger partial charge < -0.3 is 10.1 Å². The molecule has 0 bridgehead atoms. The number of nitrogens with one attached hydrogen (secondary N) is 1. The van der Waals surface area contributed by atoms with E-state index in [2.05, 4.69) is 10.3 Å². The number of anilines is 1. The van der Waals surface area contributed by atoms with Crippen molar-refractivity contribution in [2.45, 2.75) is 20.0 Å². The molecule has 1 heterocycles. The Bertz CT molecular complexity index is 524. The lowest BCUT2D eigenvalue weighted by molar-refractivity contribution is -0.148. The zero-order valence-electron chi connectivity index (χ0n) is 11.2. The molecule has 1 rings (SSSR count). The molecule has 0 unspecified atom stereocenters. The quantitative estimate of drug-likeness (QED) is 0.515. The second-order valence-electron chi connectivity index (χ2n) is 3.81. The number of rotatable bonds is 5. The Kier molecular flexibility index (Phi) is 6.46. The molecule has 1 aromatic heterocycles. The van der Waals surface area contributed by atoms with Gasteiger partial charge in [0.2, 0.25) is 0 Å². The molecule has 0 aliphatic heterocycles. The topological polar surface area (TPSA) is 68.3 Å². The van der Waals surface area contributed by atoms with E-state index in [1.165, 1.54) is 25.3 Å². The van der Waals surface area contributed by atoms with Crippen LogP contribution in [0, 0.1) is 0 Å². The highest BCUT2D eigenvalue weighted by molar-refractivity contribution is 6.30. The summed E-state index contributed by atoms with van der Waals surface area (Å²) in [6.45, 7) is 3.30. The normalized spacial score (nSPS) is 12.6. The van der Waals surface area contributed by atoms with Gasteiger partial charge in [-0.05, 0) is 26.0 Å². The Morgan fingerprint density at radius 3 is 2.75 bits per heavy atom. The van der Waals surface area contributed by atoms with Gasteiger partial charge in [-0.3, -0.25) is 4.79 Å². The van der Waals surface area contributed by atoms with Crippen LogP contribution in [0.2, 0.25) is 5.02 Å². The molecule has 1 N–H and O–H groups in total. The molecule has 0 spiro atoms. The third-order valence-electron chi connectivity index (χ3n) is 2.18. The maximum Gasteiger partial charge on any atom is 0.331 e. The van der Waals surface area contributed by atoms with Crippen LogP contribution in [-0.4, -0.2) is 23.0 Å². The molecule has 5 nitrogen and oxygen atoms in total. The highest BCUT2D eigenvalue weighted by atomic mass is 35.5. The number of carbonyl (C=O) groups is 2. The number of hydrogen-bond donors (Lipinski definition) is 1. The number of esters is 1. The Hall–Kier alpha value is -2.14. The lowest BCUT2D eigenvalue weighted by Gasteiger charge is -2.11. The third kappa shape index (κ3) is 5.67. The molecule has 6 heteroatoms. The zero-order valence-corrected chi connectivity index (χ0v) is 11.9. The van der Waals surface area contributed by atoms with Crippen molar-refractivity contribution >= 4 is 29.3 Å². The number of allylic oxidation sites excluding steroid dienone is 3. The van der Waals surface area contributed by atoms with E-state index in [1.54, 1.807) is 24.3 Å². The van der Waals surface area contributed by atoms with E-state index in [9.17, 15) is 9.59 Å². The van der Waals surface area contributed by atoms with Crippen molar-refractivity contribution in [1.29, 1.82) is 0 Å². The van der Waals surface area contributed by atoms with Gasteiger partial charge in [0.1, 0.15) is 5.82 Å². The number of amides is 1. The summed E-state index contributed by atoms with van der Waals surface area (Å²) in [7, 11) is 0. The second-order valence-corrected chi connectivity index (χ2v) is 4.25. The molecule has 0 fully saturated rings. The van der Waals surface area contributed by atoms with Crippen LogP contribution < -0.4 is 5.32 Å². The van der Waals surface area contributed by atoms with E-state index in [0.29, 0.717) is 10.8 Å². The Labute approximate surface area is 122 Å². The summed E-state index contributed by atoms with van der Waals surface area (Å²) in [6, 6.07) is 3.15. The van der Waals surface area contributed by atoms with Crippen LogP contribution in [-0.2, 0) is 14.3 Å². The second kappa shape index (κ2) is 8.12. The van der Waals surface area contributed by atoms with Gasteiger partial charge in [-0.15, -0.1) is 0 Å². The number of aromatic nitrogens is 1. The molecule has 0 aliphatic carbocycles. The van der Waals surface area contributed by atoms with Gasteiger partial charge in [0.25, 0.3) is 5.91 Å². The van der Waals surface area contributed by atoms with Crippen molar-refractivity contribution in [3.05, 3.63) is 47.7 Å². The number of ether oxygens (including phenoxy) is 1. The first-order chi connectivity index (χ1) is 9.52. The van der Waals surface area contributed by atoms with E-state index in [0.717, 1.165) is 0 Å². The summed E-state index contributed by atoms with van der Waals surface area (Å²) in [4.78, 5) is 27.1. The standard InChI is InChI=1S/C14H15ClN2O3/c1-3-4-5-6-13(18)20-10(2)14(19)17-12-8-7-11(15)9-16-12/h3-10H,1-2H3,(H,16,17,19)/b4-3+,6-5+/t10-/m0/s1. The van der Waals surface area contributed by atoms with Crippen LogP contribution in [0.5, 0.6) is 0 Å². The molecule has 0 aliphatic rings. The minimum Gasteiger partial charge on any atom is -0.449 e. The first kappa shape index (κ1) is 15.9. The maximum absolute atomic E-state index is 11.8. The van der Waals surface area contributed by atoms with Crippen molar-refractivity contribution in [3.8, 4) is 0 Å². The number of nitrogens with zero attached hydrogens (tertiary/aromatic N) is 1. The molecule has 0 aromatic carbocycles. The summed E-state index contributed by atoms with van der Waals surface area (Å²) in [5.41, 5.74) is 0. The average molecular weight is 295 g/mol. The third-order valence-corrected chi connectivity index (χ3v) is 2.40. The lowest BCUT2D eigenvalue weighted by Crippen LogP contribution is -2.29. The molecule has 106 valence electrons. The SMILES string of the molecule is C/C=C/C=C/C(=O)O[C@@H](C)C(=O)Nc1ccc(Cl)cn1. The predicted octanol–water partition coefficient (Wildman–Crippen LogP) is 2.74. The minimum absolute atomic E-state index is 0.340. The van der Waals surface area contributed by atoms with E-state index < -0.39 is 18.0 Å². The molecule has 0 saturated carbocycles. The fourth-order valence-corrected chi connectivity index (χ4v) is 1.30. The number of halogens is 1. The van der Waals surface area contributed by atoms with E-state index in [4.69, 9.17) is 16.3 Å². The Morgan fingerprint density at radius 2 is 2.15 bits per heavy atom. The smallest absolute Gasteiger partial charge is 0.331 e. The monoisotopic (exact) mass is 294 g/mol.